The highest BCUT2D eigenvalue weighted by Crippen LogP contribution is 2.29. The van der Waals surface area contributed by atoms with Crippen molar-refractivity contribution in [3.05, 3.63) is 63.7 Å². The monoisotopic (exact) mass is 498 g/mol. The van der Waals surface area contributed by atoms with Gasteiger partial charge in [-0.2, -0.15) is 0 Å². The Bertz CT molecular complexity index is 1400. The van der Waals surface area contributed by atoms with Crippen LogP contribution in [0.2, 0.25) is 0 Å². The third kappa shape index (κ3) is 5.14. The molecular weight excluding hydrogens is 472 g/mol. The van der Waals surface area contributed by atoms with E-state index in [2.05, 4.69) is 35.0 Å². The zero-order valence-corrected chi connectivity index (χ0v) is 20.8. The number of aromatic amines is 1. The lowest BCUT2D eigenvalue weighted by Crippen LogP contribution is -2.25. The zero-order valence-electron chi connectivity index (χ0n) is 20.0. The third-order valence-corrected chi connectivity index (χ3v) is 6.73. The minimum atomic E-state index is -1.56. The first-order valence-electron chi connectivity index (χ1n) is 10.9. The number of aromatic nitrogens is 7. The minimum Gasteiger partial charge on any atom is -0.481 e. The first-order valence-corrected chi connectivity index (χ1v) is 12.1. The van der Waals surface area contributed by atoms with Gasteiger partial charge in [-0.1, -0.05) is 6.07 Å². The topological polar surface area (TPSA) is 154 Å². The van der Waals surface area contributed by atoms with E-state index in [1.165, 1.54) is 7.11 Å². The van der Waals surface area contributed by atoms with Gasteiger partial charge in [-0.15, -0.1) is 10.2 Å². The van der Waals surface area contributed by atoms with E-state index < -0.39 is 22.7 Å². The molecule has 0 spiro atoms. The lowest BCUT2D eigenvalue weighted by atomic mass is 10.1. The van der Waals surface area contributed by atoms with Crippen LogP contribution >= 0.6 is 0 Å². The van der Waals surface area contributed by atoms with Crippen LogP contribution in [0.4, 0.5) is 5.95 Å². The lowest BCUT2D eigenvalue weighted by molar-refractivity contribution is 0.385. The van der Waals surface area contributed by atoms with E-state index >= 15 is 0 Å². The Labute approximate surface area is 203 Å². The Morgan fingerprint density at radius 2 is 1.94 bits per heavy atom. The second-order valence-electron chi connectivity index (χ2n) is 8.08. The average Bonchev–Trinajstić information content (AvgIpc) is 3.42. The molecule has 2 N–H and O–H groups in total. The second-order valence-corrected chi connectivity index (χ2v) is 9.68. The molecule has 0 aromatic carbocycles. The average molecular weight is 499 g/mol. The molecule has 0 fully saturated rings. The van der Waals surface area contributed by atoms with Gasteiger partial charge in [-0.05, 0) is 39.3 Å². The summed E-state index contributed by atoms with van der Waals surface area (Å²) in [6.45, 7) is 7.27. The van der Waals surface area contributed by atoms with E-state index in [0.29, 0.717) is 40.9 Å². The smallest absolute Gasteiger partial charge is 0.362 e. The molecule has 0 bridgehead atoms. The van der Waals surface area contributed by atoms with Crippen LogP contribution in [0.5, 0.6) is 5.88 Å². The van der Waals surface area contributed by atoms with E-state index in [0.717, 1.165) is 5.56 Å². The molecule has 0 aliphatic carbocycles. The van der Waals surface area contributed by atoms with Crippen molar-refractivity contribution in [2.45, 2.75) is 45.4 Å². The number of rotatable bonds is 9. The van der Waals surface area contributed by atoms with Gasteiger partial charge in [-0.3, -0.25) is 9.29 Å². The van der Waals surface area contributed by atoms with Crippen molar-refractivity contribution >= 4 is 16.9 Å². The molecule has 4 aromatic rings. The summed E-state index contributed by atoms with van der Waals surface area (Å²) in [7, 11) is -0.0458. The van der Waals surface area contributed by atoms with E-state index in [4.69, 9.17) is 9.26 Å². The fourth-order valence-electron chi connectivity index (χ4n) is 3.60. The van der Waals surface area contributed by atoms with Crippen LogP contribution in [-0.4, -0.2) is 51.4 Å². The maximum atomic E-state index is 13.2. The lowest BCUT2D eigenvalue weighted by Gasteiger charge is -2.18. The molecule has 0 saturated heterocycles. The number of hydrogen-bond donors (Lipinski definition) is 2. The molecule has 0 aliphatic rings. The van der Waals surface area contributed by atoms with Gasteiger partial charge >= 0.3 is 5.63 Å². The number of aryl methyl sites for hydroxylation is 2. The van der Waals surface area contributed by atoms with E-state index in [1.54, 1.807) is 49.0 Å². The summed E-state index contributed by atoms with van der Waals surface area (Å²) >= 11 is 0. The van der Waals surface area contributed by atoms with Crippen LogP contribution in [0.15, 0.2) is 39.9 Å². The Morgan fingerprint density at radius 1 is 1.20 bits per heavy atom. The van der Waals surface area contributed by atoms with Crippen LogP contribution in [0, 0.1) is 13.8 Å². The fourth-order valence-corrected chi connectivity index (χ4v) is 4.42. The predicted molar refractivity (Wildman–Crippen MR) is 129 cm³/mol. The minimum absolute atomic E-state index is 0.215. The fraction of sp³-hybridized carbons (Fsp3) is 0.364. The number of anilines is 1. The van der Waals surface area contributed by atoms with Crippen molar-refractivity contribution in [2.75, 3.05) is 11.8 Å². The summed E-state index contributed by atoms with van der Waals surface area (Å²) in [5.74, 6) is 1.57. The quantitative estimate of drug-likeness (QED) is 0.354. The predicted octanol–water partition coefficient (Wildman–Crippen LogP) is 2.35. The molecule has 3 unspecified atom stereocenters. The molecule has 0 aliphatic heterocycles. The van der Waals surface area contributed by atoms with Crippen LogP contribution < -0.4 is 15.1 Å². The largest absolute Gasteiger partial charge is 0.481 e. The van der Waals surface area contributed by atoms with Gasteiger partial charge in [0.15, 0.2) is 5.82 Å². The molecular formula is C22H26N8O4S. The highest BCUT2D eigenvalue weighted by molar-refractivity contribution is 7.86. The van der Waals surface area contributed by atoms with Crippen molar-refractivity contribution in [3.63, 3.8) is 0 Å². The molecule has 12 nitrogen and oxygen atoms in total. The van der Waals surface area contributed by atoms with Crippen molar-refractivity contribution in [1.82, 2.24) is 34.9 Å². The first kappa shape index (κ1) is 24.3. The first-order chi connectivity index (χ1) is 16.8. The molecule has 4 aromatic heterocycles. The number of hydrogen-bond acceptors (Lipinski definition) is 9. The van der Waals surface area contributed by atoms with Crippen molar-refractivity contribution < 1.29 is 13.5 Å². The number of pyridine rings is 1. The maximum Gasteiger partial charge on any atom is 0.362 e. The summed E-state index contributed by atoms with van der Waals surface area (Å²) in [5.41, 5.74) is 1.87. The summed E-state index contributed by atoms with van der Waals surface area (Å²) in [5, 5.41) is 10.8. The summed E-state index contributed by atoms with van der Waals surface area (Å²) in [4.78, 5) is 25.4. The molecule has 0 amide bonds. The van der Waals surface area contributed by atoms with Gasteiger partial charge in [0.2, 0.25) is 11.8 Å². The second kappa shape index (κ2) is 10.2. The number of nitrogens with zero attached hydrogens (tertiary/aromatic N) is 6. The Balaban J connectivity index is 1.69. The number of nitrogens with one attached hydrogen (secondary N) is 2. The molecule has 35 heavy (non-hydrogen) atoms. The standard InChI is InChI=1S/C22H26N8O4S/c1-12-10-23-17(24-11-12)9-13(2)35(32)29-22-27-26-20(16-7-6-8-18(25-16)33-5)30(22)15(4)19-14(3)28-34-21(19)31/h6-8,10-11,13,15,28H,9H2,1-5H3,(H,27,29). The molecule has 184 valence electrons. The van der Waals surface area contributed by atoms with Crippen LogP contribution in [0.25, 0.3) is 11.5 Å². The van der Waals surface area contributed by atoms with Gasteiger partial charge in [-0.25, -0.2) is 29.1 Å². The van der Waals surface area contributed by atoms with Gasteiger partial charge < -0.3 is 9.26 Å². The highest BCUT2D eigenvalue weighted by atomic mass is 32.2. The van der Waals surface area contributed by atoms with E-state index in [-0.39, 0.29) is 11.2 Å². The molecule has 0 radical (unpaired) electrons. The summed E-state index contributed by atoms with van der Waals surface area (Å²) in [6.07, 6.45) is 3.85. The summed E-state index contributed by atoms with van der Waals surface area (Å²) < 4.78 is 28.0. The van der Waals surface area contributed by atoms with Gasteiger partial charge in [0.25, 0.3) is 0 Å². The van der Waals surface area contributed by atoms with Crippen molar-refractivity contribution in [3.8, 4) is 17.4 Å². The highest BCUT2D eigenvalue weighted by Gasteiger charge is 2.27. The van der Waals surface area contributed by atoms with Crippen molar-refractivity contribution in [1.29, 1.82) is 0 Å². The van der Waals surface area contributed by atoms with E-state index in [1.807, 2.05) is 13.8 Å². The van der Waals surface area contributed by atoms with Gasteiger partial charge in [0.05, 0.1) is 29.7 Å². The molecule has 13 heteroatoms. The molecule has 3 atom stereocenters. The van der Waals surface area contributed by atoms with Gasteiger partial charge in [0, 0.05) is 24.9 Å². The molecule has 4 heterocycles. The maximum absolute atomic E-state index is 13.2. The number of H-pyrrole nitrogens is 1. The molecule has 4 rings (SSSR count). The third-order valence-electron chi connectivity index (χ3n) is 5.45. The van der Waals surface area contributed by atoms with Crippen LogP contribution in [0.1, 0.15) is 42.5 Å². The Hall–Kier alpha value is -3.87. The molecule has 0 saturated carbocycles. The normalized spacial score (nSPS) is 13.9. The van der Waals surface area contributed by atoms with Crippen LogP contribution in [-0.2, 0) is 17.4 Å². The van der Waals surface area contributed by atoms with Crippen molar-refractivity contribution in [2.24, 2.45) is 0 Å². The Morgan fingerprint density at radius 3 is 2.60 bits per heavy atom. The number of ether oxygens (including phenoxy) is 1. The SMILES string of the molecule is COc1cccc(-c2nnc(NS(=O)C(C)Cc3ncc(C)cn3)n2C(C)c2c(C)[nH]oc2=O)n1. The zero-order chi connectivity index (χ0) is 25.1. The van der Waals surface area contributed by atoms with Crippen LogP contribution in [0.3, 0.4) is 0 Å². The van der Waals surface area contributed by atoms with Gasteiger partial charge in [0.1, 0.15) is 22.5 Å². The Kier molecular flexibility index (Phi) is 7.05. The van der Waals surface area contributed by atoms with E-state index in [9.17, 15) is 9.00 Å². The number of methoxy groups -OCH3 is 1. The summed E-state index contributed by atoms with van der Waals surface area (Å²) in [6, 6.07) is 4.67.